The Morgan fingerprint density at radius 3 is 2.68 bits per heavy atom. The van der Waals surface area contributed by atoms with Crippen LogP contribution >= 0.6 is 0 Å². The van der Waals surface area contributed by atoms with Gasteiger partial charge in [-0.05, 0) is 5.56 Å². The van der Waals surface area contributed by atoms with Crippen LogP contribution in [-0.2, 0) is 0 Å². The van der Waals surface area contributed by atoms with Crippen LogP contribution in [-0.4, -0.2) is 19.7 Å². The molecule has 2 heterocycles. The van der Waals surface area contributed by atoms with E-state index in [9.17, 15) is 0 Å². The molecule has 0 radical (unpaired) electrons. The van der Waals surface area contributed by atoms with Crippen molar-refractivity contribution in [3.05, 3.63) is 55.0 Å². The van der Waals surface area contributed by atoms with E-state index < -0.39 is 0 Å². The summed E-state index contributed by atoms with van der Waals surface area (Å²) in [4.78, 5) is 8.18. The molecule has 0 unspecified atom stereocenters. The second-order valence-corrected chi connectivity index (χ2v) is 3.92. The number of hydrogen-bond acceptors (Lipinski definition) is 5. The predicted octanol–water partition coefficient (Wildman–Crippen LogP) is 1.61. The molecule has 0 saturated carbocycles. The number of anilines is 1. The van der Waals surface area contributed by atoms with Crippen molar-refractivity contribution < 1.29 is 0 Å². The number of hydrazine groups is 1. The zero-order valence-electron chi connectivity index (χ0n) is 10.1. The molecule has 3 rings (SSSR count). The molecular formula is C13H12N6. The first-order chi connectivity index (χ1) is 9.36. The summed E-state index contributed by atoms with van der Waals surface area (Å²) in [5.41, 5.74) is 4.55. The highest BCUT2D eigenvalue weighted by molar-refractivity contribution is 5.61. The van der Waals surface area contributed by atoms with Crippen molar-refractivity contribution in [2.75, 3.05) is 5.43 Å². The van der Waals surface area contributed by atoms with Gasteiger partial charge in [-0.3, -0.25) is 5.43 Å². The third-order valence-electron chi connectivity index (χ3n) is 2.69. The summed E-state index contributed by atoms with van der Waals surface area (Å²) in [5, 5.41) is 4.30. The Morgan fingerprint density at radius 2 is 1.89 bits per heavy atom. The molecule has 3 N–H and O–H groups in total. The van der Waals surface area contributed by atoms with Crippen molar-refractivity contribution >= 4 is 5.95 Å². The van der Waals surface area contributed by atoms with Crippen molar-refractivity contribution in [2.45, 2.75) is 0 Å². The minimum absolute atomic E-state index is 0.356. The lowest BCUT2D eigenvalue weighted by molar-refractivity contribution is 0.840. The zero-order valence-corrected chi connectivity index (χ0v) is 10.1. The lowest BCUT2D eigenvalue weighted by Gasteiger charge is -2.02. The number of benzene rings is 1. The summed E-state index contributed by atoms with van der Waals surface area (Å²) < 4.78 is 1.69. The van der Waals surface area contributed by atoms with Gasteiger partial charge in [0.2, 0.25) is 5.95 Å². The van der Waals surface area contributed by atoms with Crippen LogP contribution in [0, 0.1) is 0 Å². The van der Waals surface area contributed by atoms with Gasteiger partial charge in [0.15, 0.2) is 5.82 Å². The van der Waals surface area contributed by atoms with Crippen molar-refractivity contribution in [3.63, 3.8) is 0 Å². The smallest absolute Gasteiger partial charge is 0.239 e. The largest absolute Gasteiger partial charge is 0.292 e. The van der Waals surface area contributed by atoms with Crippen LogP contribution in [0.15, 0.2) is 55.0 Å². The number of nitrogens with zero attached hydrogens (tertiary/aromatic N) is 4. The molecule has 19 heavy (non-hydrogen) atoms. The van der Waals surface area contributed by atoms with Gasteiger partial charge in [0.25, 0.3) is 0 Å². The van der Waals surface area contributed by atoms with Crippen LogP contribution in [0.25, 0.3) is 16.9 Å². The Kier molecular flexibility index (Phi) is 2.91. The number of nitrogens with one attached hydrogen (secondary N) is 1. The maximum absolute atomic E-state index is 5.29. The van der Waals surface area contributed by atoms with E-state index in [1.54, 1.807) is 23.1 Å². The topological polar surface area (TPSA) is 81.6 Å². The molecule has 6 heteroatoms. The molecule has 0 saturated heterocycles. The van der Waals surface area contributed by atoms with Gasteiger partial charge in [0, 0.05) is 24.0 Å². The number of hydrogen-bond donors (Lipinski definition) is 2. The average Bonchev–Trinajstić information content (AvgIpc) is 2.98. The molecular weight excluding hydrogens is 240 g/mol. The summed E-state index contributed by atoms with van der Waals surface area (Å²) in [6.07, 6.45) is 5.34. The molecule has 0 fully saturated rings. The van der Waals surface area contributed by atoms with E-state index in [4.69, 9.17) is 5.84 Å². The van der Waals surface area contributed by atoms with Gasteiger partial charge >= 0.3 is 0 Å². The minimum Gasteiger partial charge on any atom is -0.292 e. The van der Waals surface area contributed by atoms with Gasteiger partial charge in [0.05, 0.1) is 6.20 Å². The highest BCUT2D eigenvalue weighted by Gasteiger charge is 2.04. The highest BCUT2D eigenvalue weighted by atomic mass is 15.3. The fraction of sp³-hybridized carbons (Fsp3) is 0. The molecule has 1 aromatic carbocycles. The third-order valence-corrected chi connectivity index (χ3v) is 2.69. The van der Waals surface area contributed by atoms with Gasteiger partial charge in [-0.25, -0.2) is 15.5 Å². The van der Waals surface area contributed by atoms with Gasteiger partial charge in [0.1, 0.15) is 0 Å². The maximum atomic E-state index is 5.29. The molecule has 6 nitrogen and oxygen atoms in total. The second kappa shape index (κ2) is 4.87. The lowest BCUT2D eigenvalue weighted by atomic mass is 10.1. The van der Waals surface area contributed by atoms with Crippen molar-refractivity contribution in [2.24, 2.45) is 5.84 Å². The van der Waals surface area contributed by atoms with Crippen molar-refractivity contribution in [3.8, 4) is 16.9 Å². The summed E-state index contributed by atoms with van der Waals surface area (Å²) >= 11 is 0. The molecule has 3 aromatic rings. The van der Waals surface area contributed by atoms with Gasteiger partial charge in [-0.2, -0.15) is 10.1 Å². The average molecular weight is 252 g/mol. The first kappa shape index (κ1) is 11.4. The fourth-order valence-corrected chi connectivity index (χ4v) is 1.77. The number of rotatable bonds is 3. The SMILES string of the molecule is NNc1nccc(-n2cc(-c3ccccc3)cn2)n1. The van der Waals surface area contributed by atoms with Crippen LogP contribution < -0.4 is 11.3 Å². The molecule has 0 aliphatic rings. The molecule has 0 aliphatic heterocycles. The number of nitrogen functional groups attached to an aromatic ring is 1. The normalized spacial score (nSPS) is 10.4. The Morgan fingerprint density at radius 1 is 1.05 bits per heavy atom. The Labute approximate surface area is 109 Å². The second-order valence-electron chi connectivity index (χ2n) is 3.92. The van der Waals surface area contributed by atoms with Gasteiger partial charge in [-0.1, -0.05) is 30.3 Å². The molecule has 0 aliphatic carbocycles. The standard InChI is InChI=1S/C13H12N6/c14-18-13-15-7-6-12(17-13)19-9-11(8-16-19)10-4-2-1-3-5-10/h1-9H,14H2,(H,15,17,18). The summed E-state index contributed by atoms with van der Waals surface area (Å²) in [5.74, 6) is 6.30. The first-order valence-electron chi connectivity index (χ1n) is 5.77. The third kappa shape index (κ3) is 2.29. The Bertz CT molecular complexity index is 676. The van der Waals surface area contributed by atoms with E-state index in [1.807, 2.05) is 36.5 Å². The predicted molar refractivity (Wildman–Crippen MR) is 72.4 cm³/mol. The maximum Gasteiger partial charge on any atom is 0.239 e. The Balaban J connectivity index is 1.97. The van der Waals surface area contributed by atoms with E-state index in [2.05, 4.69) is 20.5 Å². The number of nitrogens with two attached hydrogens (primary N) is 1. The van der Waals surface area contributed by atoms with Crippen molar-refractivity contribution in [1.82, 2.24) is 19.7 Å². The Hall–Kier alpha value is -2.73. The van der Waals surface area contributed by atoms with Crippen LogP contribution in [0.3, 0.4) is 0 Å². The van der Waals surface area contributed by atoms with Crippen LogP contribution in [0.4, 0.5) is 5.95 Å². The summed E-state index contributed by atoms with van der Waals surface area (Å²) in [6.45, 7) is 0. The molecule has 0 atom stereocenters. The first-order valence-corrected chi connectivity index (χ1v) is 5.77. The number of aromatic nitrogens is 4. The fourth-order valence-electron chi connectivity index (χ4n) is 1.77. The van der Waals surface area contributed by atoms with Crippen LogP contribution in [0.2, 0.25) is 0 Å². The molecule has 0 bridgehead atoms. The summed E-state index contributed by atoms with van der Waals surface area (Å²) in [6, 6.07) is 11.8. The van der Waals surface area contributed by atoms with Gasteiger partial charge in [-0.15, -0.1) is 0 Å². The highest BCUT2D eigenvalue weighted by Crippen LogP contribution is 2.19. The monoisotopic (exact) mass is 252 g/mol. The van der Waals surface area contributed by atoms with E-state index in [0.717, 1.165) is 11.1 Å². The molecule has 94 valence electrons. The van der Waals surface area contributed by atoms with Crippen molar-refractivity contribution in [1.29, 1.82) is 0 Å². The van der Waals surface area contributed by atoms with Crippen LogP contribution in [0.1, 0.15) is 0 Å². The molecule has 2 aromatic heterocycles. The summed E-state index contributed by atoms with van der Waals surface area (Å²) in [7, 11) is 0. The minimum atomic E-state index is 0.356. The van der Waals surface area contributed by atoms with Crippen LogP contribution in [0.5, 0.6) is 0 Å². The lowest BCUT2D eigenvalue weighted by Crippen LogP contribution is -2.11. The van der Waals surface area contributed by atoms with E-state index in [-0.39, 0.29) is 0 Å². The van der Waals surface area contributed by atoms with E-state index in [0.29, 0.717) is 11.8 Å². The molecule has 0 amide bonds. The quantitative estimate of drug-likeness (QED) is 0.546. The van der Waals surface area contributed by atoms with E-state index >= 15 is 0 Å². The van der Waals surface area contributed by atoms with E-state index in [1.165, 1.54) is 0 Å². The zero-order chi connectivity index (χ0) is 13.1. The van der Waals surface area contributed by atoms with Gasteiger partial charge < -0.3 is 0 Å². The molecule has 0 spiro atoms.